The van der Waals surface area contributed by atoms with Crippen molar-refractivity contribution >= 4 is 17.9 Å². The SMILES string of the molecule is CCCCCCCCc1cc(C(=O)O)c(C(=O)O)c(C(=O)O)c1CCCCCCCC. The average molecular weight is 435 g/mol. The second kappa shape index (κ2) is 14.6. The van der Waals surface area contributed by atoms with Gasteiger partial charge in [-0.25, -0.2) is 14.4 Å². The normalized spacial score (nSPS) is 10.9. The highest BCUT2D eigenvalue weighted by Crippen LogP contribution is 2.28. The summed E-state index contributed by atoms with van der Waals surface area (Å²) < 4.78 is 0. The second-order valence-corrected chi connectivity index (χ2v) is 8.26. The topological polar surface area (TPSA) is 112 Å². The lowest BCUT2D eigenvalue weighted by Gasteiger charge is -2.17. The Balaban J connectivity index is 3.18. The molecule has 1 rings (SSSR count). The molecule has 0 aliphatic rings. The number of hydrogen-bond donors (Lipinski definition) is 3. The number of carboxylic acid groups (broad SMARTS) is 3. The van der Waals surface area contributed by atoms with Gasteiger partial charge < -0.3 is 15.3 Å². The van der Waals surface area contributed by atoms with Gasteiger partial charge in [0.2, 0.25) is 0 Å². The maximum atomic E-state index is 12.0. The van der Waals surface area contributed by atoms with Gasteiger partial charge in [0.1, 0.15) is 0 Å². The molecular weight excluding hydrogens is 396 g/mol. The fourth-order valence-corrected chi connectivity index (χ4v) is 4.09. The van der Waals surface area contributed by atoms with Crippen molar-refractivity contribution in [2.45, 2.75) is 104 Å². The third-order valence-electron chi connectivity index (χ3n) is 5.77. The summed E-state index contributed by atoms with van der Waals surface area (Å²) in [5, 5.41) is 29.0. The van der Waals surface area contributed by atoms with Crippen molar-refractivity contribution in [1.29, 1.82) is 0 Å². The van der Waals surface area contributed by atoms with E-state index in [-0.39, 0.29) is 5.56 Å². The van der Waals surface area contributed by atoms with Crippen LogP contribution in [-0.4, -0.2) is 33.2 Å². The minimum absolute atomic E-state index is 0.345. The molecule has 174 valence electrons. The lowest BCUT2D eigenvalue weighted by atomic mass is 9.86. The lowest BCUT2D eigenvalue weighted by Crippen LogP contribution is -2.19. The molecule has 0 aromatic heterocycles. The van der Waals surface area contributed by atoms with Crippen LogP contribution >= 0.6 is 0 Å². The van der Waals surface area contributed by atoms with Crippen molar-refractivity contribution in [1.82, 2.24) is 0 Å². The van der Waals surface area contributed by atoms with Crippen LogP contribution in [0.5, 0.6) is 0 Å². The Morgan fingerprint density at radius 3 is 1.52 bits per heavy atom. The molecule has 1 aromatic carbocycles. The van der Waals surface area contributed by atoms with Gasteiger partial charge in [0.15, 0.2) is 0 Å². The van der Waals surface area contributed by atoms with Gasteiger partial charge in [0.25, 0.3) is 0 Å². The number of carboxylic acids is 3. The number of carbonyl (C=O) groups is 3. The number of rotatable bonds is 17. The van der Waals surface area contributed by atoms with Crippen LogP contribution < -0.4 is 0 Å². The predicted molar refractivity (Wildman–Crippen MR) is 121 cm³/mol. The quantitative estimate of drug-likeness (QED) is 0.239. The van der Waals surface area contributed by atoms with Gasteiger partial charge in [-0.05, 0) is 42.9 Å². The zero-order valence-corrected chi connectivity index (χ0v) is 19.0. The van der Waals surface area contributed by atoms with Crippen LogP contribution in [-0.2, 0) is 12.8 Å². The summed E-state index contributed by atoms with van der Waals surface area (Å²) in [6.45, 7) is 4.30. The van der Waals surface area contributed by atoms with Crippen molar-refractivity contribution < 1.29 is 29.7 Å². The molecule has 3 N–H and O–H groups in total. The van der Waals surface area contributed by atoms with E-state index in [1.807, 2.05) is 0 Å². The Bertz CT molecular complexity index is 738. The van der Waals surface area contributed by atoms with E-state index in [0.717, 1.165) is 64.2 Å². The number of benzene rings is 1. The summed E-state index contributed by atoms with van der Waals surface area (Å²) in [6.07, 6.45) is 13.6. The zero-order valence-electron chi connectivity index (χ0n) is 19.0. The molecule has 0 bridgehead atoms. The molecule has 0 amide bonds. The molecule has 0 fully saturated rings. The molecular formula is C25H38O6. The summed E-state index contributed by atoms with van der Waals surface area (Å²) >= 11 is 0. The Hall–Kier alpha value is -2.37. The van der Waals surface area contributed by atoms with Crippen molar-refractivity contribution in [3.8, 4) is 0 Å². The molecule has 0 saturated carbocycles. The van der Waals surface area contributed by atoms with Gasteiger partial charge in [-0.1, -0.05) is 78.1 Å². The molecule has 0 spiro atoms. The van der Waals surface area contributed by atoms with E-state index in [9.17, 15) is 29.7 Å². The Labute approximate surface area is 185 Å². The molecule has 0 heterocycles. The van der Waals surface area contributed by atoms with E-state index in [4.69, 9.17) is 0 Å². The highest BCUT2D eigenvalue weighted by molar-refractivity contribution is 6.10. The Kier molecular flexibility index (Phi) is 12.6. The van der Waals surface area contributed by atoms with Crippen molar-refractivity contribution in [3.05, 3.63) is 33.9 Å². The number of unbranched alkanes of at least 4 members (excludes halogenated alkanes) is 10. The predicted octanol–water partition coefficient (Wildman–Crippen LogP) is 6.59. The second-order valence-electron chi connectivity index (χ2n) is 8.26. The molecule has 1 aromatic rings. The Morgan fingerprint density at radius 1 is 0.613 bits per heavy atom. The monoisotopic (exact) mass is 434 g/mol. The summed E-state index contributed by atoms with van der Waals surface area (Å²) in [5.41, 5.74) is -0.213. The number of hydrogen-bond acceptors (Lipinski definition) is 3. The maximum absolute atomic E-state index is 12.0. The third-order valence-corrected chi connectivity index (χ3v) is 5.77. The van der Waals surface area contributed by atoms with Gasteiger partial charge in [-0.15, -0.1) is 0 Å². The molecule has 0 aliphatic heterocycles. The number of aromatic carboxylic acids is 3. The maximum Gasteiger partial charge on any atom is 0.337 e. The fraction of sp³-hybridized carbons (Fsp3) is 0.640. The van der Waals surface area contributed by atoms with Gasteiger partial charge in [0.05, 0.1) is 16.7 Å². The Morgan fingerprint density at radius 2 is 1.06 bits per heavy atom. The van der Waals surface area contributed by atoms with Crippen molar-refractivity contribution in [2.24, 2.45) is 0 Å². The van der Waals surface area contributed by atoms with Gasteiger partial charge in [-0.2, -0.15) is 0 Å². The van der Waals surface area contributed by atoms with Crippen LogP contribution in [0, 0.1) is 0 Å². The van der Waals surface area contributed by atoms with E-state index in [1.165, 1.54) is 18.9 Å². The van der Waals surface area contributed by atoms with Crippen LogP contribution in [0.1, 0.15) is 133 Å². The van der Waals surface area contributed by atoms with Crippen LogP contribution in [0.25, 0.3) is 0 Å². The first-order valence-electron chi connectivity index (χ1n) is 11.7. The first kappa shape index (κ1) is 26.7. The van der Waals surface area contributed by atoms with E-state index >= 15 is 0 Å². The van der Waals surface area contributed by atoms with E-state index in [0.29, 0.717) is 24.0 Å². The molecule has 0 unspecified atom stereocenters. The van der Waals surface area contributed by atoms with Gasteiger partial charge in [-0.3, -0.25) is 0 Å². The standard InChI is InChI=1S/C25H38O6/c1-3-5-7-9-11-13-15-18-17-20(23(26)27)22(25(30)31)21(24(28)29)19(18)16-14-12-10-8-6-4-2/h17H,3-16H2,1-2H3,(H,26,27)(H,28,29)(H,30,31). The number of aryl methyl sites for hydroxylation is 1. The van der Waals surface area contributed by atoms with Gasteiger partial charge >= 0.3 is 17.9 Å². The van der Waals surface area contributed by atoms with Gasteiger partial charge in [0, 0.05) is 0 Å². The highest BCUT2D eigenvalue weighted by Gasteiger charge is 2.29. The van der Waals surface area contributed by atoms with Crippen molar-refractivity contribution in [3.63, 3.8) is 0 Å². The molecule has 31 heavy (non-hydrogen) atoms. The fourth-order valence-electron chi connectivity index (χ4n) is 4.09. The average Bonchev–Trinajstić information content (AvgIpc) is 2.72. The summed E-state index contributed by atoms with van der Waals surface area (Å²) in [7, 11) is 0. The largest absolute Gasteiger partial charge is 0.478 e. The van der Waals surface area contributed by atoms with E-state index in [1.54, 1.807) is 0 Å². The molecule has 0 atom stereocenters. The third kappa shape index (κ3) is 8.72. The van der Waals surface area contributed by atoms with Crippen LogP contribution in [0.2, 0.25) is 0 Å². The van der Waals surface area contributed by atoms with Crippen LogP contribution in [0.15, 0.2) is 6.07 Å². The smallest absolute Gasteiger partial charge is 0.337 e. The lowest BCUT2D eigenvalue weighted by molar-refractivity contribution is 0.0632. The first-order valence-corrected chi connectivity index (χ1v) is 11.7. The summed E-state index contributed by atoms with van der Waals surface area (Å²) in [6, 6.07) is 1.40. The van der Waals surface area contributed by atoms with Crippen LogP contribution in [0.3, 0.4) is 0 Å². The molecule has 0 aliphatic carbocycles. The summed E-state index contributed by atoms with van der Waals surface area (Å²) in [5.74, 6) is -4.29. The van der Waals surface area contributed by atoms with Crippen LogP contribution in [0.4, 0.5) is 0 Å². The minimum atomic E-state index is -1.51. The molecule has 0 saturated heterocycles. The molecule has 6 heteroatoms. The molecule has 6 nitrogen and oxygen atoms in total. The highest BCUT2D eigenvalue weighted by atomic mass is 16.4. The zero-order chi connectivity index (χ0) is 23.2. The van der Waals surface area contributed by atoms with Crippen molar-refractivity contribution in [2.75, 3.05) is 0 Å². The minimum Gasteiger partial charge on any atom is -0.478 e. The first-order chi connectivity index (χ1) is 14.8. The summed E-state index contributed by atoms with van der Waals surface area (Å²) in [4.78, 5) is 35.6. The molecule has 0 radical (unpaired) electrons. The van der Waals surface area contributed by atoms with E-state index in [2.05, 4.69) is 13.8 Å². The van der Waals surface area contributed by atoms with E-state index < -0.39 is 29.0 Å².